The Bertz CT molecular complexity index is 391. The molecule has 1 aliphatic heterocycles. The normalized spacial score (nSPS) is 15.2. The van der Waals surface area contributed by atoms with Crippen LogP contribution in [0.1, 0.15) is 12.1 Å². The lowest BCUT2D eigenvalue weighted by Gasteiger charge is -2.23. The van der Waals surface area contributed by atoms with Gasteiger partial charge in [-0.2, -0.15) is 5.26 Å². The third-order valence-electron chi connectivity index (χ3n) is 2.15. The SMILES string of the molecule is N#Cc1cc(N2CC=CCC2)ncn1. The van der Waals surface area contributed by atoms with Gasteiger partial charge in [0.05, 0.1) is 0 Å². The van der Waals surface area contributed by atoms with Crippen LogP contribution < -0.4 is 4.90 Å². The fourth-order valence-corrected chi connectivity index (χ4v) is 1.43. The number of rotatable bonds is 1. The first-order valence-electron chi connectivity index (χ1n) is 4.52. The lowest BCUT2D eigenvalue weighted by molar-refractivity contribution is 0.802. The predicted octanol–water partition coefficient (Wildman–Crippen LogP) is 1.11. The van der Waals surface area contributed by atoms with Crippen LogP contribution in [0.3, 0.4) is 0 Å². The fourth-order valence-electron chi connectivity index (χ4n) is 1.43. The van der Waals surface area contributed by atoms with Crippen LogP contribution >= 0.6 is 0 Å². The van der Waals surface area contributed by atoms with Crippen LogP contribution in [0.25, 0.3) is 0 Å². The standard InChI is InChI=1S/C10H10N4/c11-7-9-6-10(13-8-12-9)14-4-2-1-3-5-14/h1-2,6,8H,3-5H2. The van der Waals surface area contributed by atoms with E-state index in [0.717, 1.165) is 25.3 Å². The highest BCUT2D eigenvalue weighted by atomic mass is 15.2. The maximum atomic E-state index is 8.69. The summed E-state index contributed by atoms with van der Waals surface area (Å²) < 4.78 is 0. The zero-order chi connectivity index (χ0) is 9.80. The van der Waals surface area contributed by atoms with Gasteiger partial charge in [0, 0.05) is 19.2 Å². The van der Waals surface area contributed by atoms with Gasteiger partial charge in [-0.3, -0.25) is 0 Å². The molecule has 0 saturated heterocycles. The number of hydrogen-bond donors (Lipinski definition) is 0. The molecule has 1 aromatic heterocycles. The topological polar surface area (TPSA) is 52.8 Å². The molecule has 70 valence electrons. The Labute approximate surface area is 82.5 Å². The van der Waals surface area contributed by atoms with Crippen molar-refractivity contribution in [3.63, 3.8) is 0 Å². The third kappa shape index (κ3) is 1.72. The number of nitriles is 1. The van der Waals surface area contributed by atoms with Gasteiger partial charge in [-0.05, 0) is 6.42 Å². The molecule has 0 atom stereocenters. The van der Waals surface area contributed by atoms with E-state index >= 15 is 0 Å². The zero-order valence-corrected chi connectivity index (χ0v) is 7.72. The average molecular weight is 186 g/mol. The van der Waals surface area contributed by atoms with E-state index in [4.69, 9.17) is 5.26 Å². The van der Waals surface area contributed by atoms with Crippen molar-refractivity contribution >= 4 is 5.82 Å². The highest BCUT2D eigenvalue weighted by molar-refractivity contribution is 5.43. The molecule has 4 heteroatoms. The molecule has 1 aliphatic rings. The van der Waals surface area contributed by atoms with E-state index in [1.165, 1.54) is 6.33 Å². The molecule has 0 saturated carbocycles. The van der Waals surface area contributed by atoms with E-state index in [-0.39, 0.29) is 0 Å². The van der Waals surface area contributed by atoms with Crippen LogP contribution in [0.15, 0.2) is 24.5 Å². The molecule has 0 amide bonds. The average Bonchev–Trinajstić information content (AvgIpc) is 2.30. The van der Waals surface area contributed by atoms with Gasteiger partial charge in [-0.15, -0.1) is 0 Å². The highest BCUT2D eigenvalue weighted by Crippen LogP contribution is 2.13. The van der Waals surface area contributed by atoms with E-state index < -0.39 is 0 Å². The van der Waals surface area contributed by atoms with Crippen molar-refractivity contribution in [2.45, 2.75) is 6.42 Å². The summed E-state index contributed by atoms with van der Waals surface area (Å²) in [5.74, 6) is 0.834. The Hall–Kier alpha value is -1.89. The first-order valence-corrected chi connectivity index (χ1v) is 4.52. The molecule has 4 nitrogen and oxygen atoms in total. The maximum absolute atomic E-state index is 8.69. The second-order valence-corrected chi connectivity index (χ2v) is 3.08. The van der Waals surface area contributed by atoms with Gasteiger partial charge in [0.1, 0.15) is 23.9 Å². The molecular formula is C10H10N4. The summed E-state index contributed by atoms with van der Waals surface area (Å²) in [5.41, 5.74) is 0.421. The number of hydrogen-bond acceptors (Lipinski definition) is 4. The molecular weight excluding hydrogens is 176 g/mol. The molecule has 2 rings (SSSR count). The number of aromatic nitrogens is 2. The van der Waals surface area contributed by atoms with Gasteiger partial charge >= 0.3 is 0 Å². The summed E-state index contributed by atoms with van der Waals surface area (Å²) in [6.07, 6.45) is 6.73. The van der Waals surface area contributed by atoms with Gasteiger partial charge < -0.3 is 4.90 Å². The summed E-state index contributed by atoms with van der Waals surface area (Å²) in [6.45, 7) is 1.82. The Morgan fingerprint density at radius 3 is 3.00 bits per heavy atom. The zero-order valence-electron chi connectivity index (χ0n) is 7.72. The Morgan fingerprint density at radius 2 is 2.29 bits per heavy atom. The van der Waals surface area contributed by atoms with Crippen molar-refractivity contribution in [2.75, 3.05) is 18.0 Å². The molecule has 0 spiro atoms. The minimum atomic E-state index is 0.421. The van der Waals surface area contributed by atoms with Crippen molar-refractivity contribution in [2.24, 2.45) is 0 Å². The summed E-state index contributed by atoms with van der Waals surface area (Å²) in [4.78, 5) is 10.1. The molecule has 1 aromatic rings. The minimum Gasteiger partial charge on any atom is -0.352 e. The van der Waals surface area contributed by atoms with Crippen molar-refractivity contribution in [3.8, 4) is 6.07 Å². The largest absolute Gasteiger partial charge is 0.352 e. The van der Waals surface area contributed by atoms with Gasteiger partial charge in [-0.1, -0.05) is 12.2 Å². The van der Waals surface area contributed by atoms with E-state index in [0.29, 0.717) is 5.69 Å². The van der Waals surface area contributed by atoms with E-state index in [2.05, 4.69) is 27.0 Å². The Balaban J connectivity index is 2.23. The maximum Gasteiger partial charge on any atom is 0.145 e. The molecule has 0 radical (unpaired) electrons. The van der Waals surface area contributed by atoms with Gasteiger partial charge in [0.25, 0.3) is 0 Å². The van der Waals surface area contributed by atoms with Crippen LogP contribution in [0.5, 0.6) is 0 Å². The third-order valence-corrected chi connectivity index (χ3v) is 2.15. The molecule has 2 heterocycles. The van der Waals surface area contributed by atoms with E-state index in [1.807, 2.05) is 6.07 Å². The minimum absolute atomic E-state index is 0.421. The lowest BCUT2D eigenvalue weighted by Crippen LogP contribution is -2.27. The molecule has 0 aliphatic carbocycles. The molecule has 0 aromatic carbocycles. The predicted molar refractivity (Wildman–Crippen MR) is 52.7 cm³/mol. The van der Waals surface area contributed by atoms with Crippen LogP contribution in [-0.2, 0) is 0 Å². The molecule has 0 N–H and O–H groups in total. The second-order valence-electron chi connectivity index (χ2n) is 3.08. The smallest absolute Gasteiger partial charge is 0.145 e. The van der Waals surface area contributed by atoms with E-state index in [1.54, 1.807) is 6.07 Å². The summed E-state index contributed by atoms with van der Waals surface area (Å²) >= 11 is 0. The summed E-state index contributed by atoms with van der Waals surface area (Å²) in [5, 5.41) is 8.69. The van der Waals surface area contributed by atoms with Crippen molar-refractivity contribution < 1.29 is 0 Å². The quantitative estimate of drug-likeness (QED) is 0.616. The summed E-state index contributed by atoms with van der Waals surface area (Å²) in [6, 6.07) is 3.73. The van der Waals surface area contributed by atoms with Crippen LogP contribution in [0, 0.1) is 11.3 Å². The molecule has 0 fully saturated rings. The first-order chi connectivity index (χ1) is 6.90. The van der Waals surface area contributed by atoms with Crippen LogP contribution in [0.4, 0.5) is 5.82 Å². The van der Waals surface area contributed by atoms with Crippen LogP contribution in [0.2, 0.25) is 0 Å². The lowest BCUT2D eigenvalue weighted by atomic mass is 10.2. The molecule has 0 unspecified atom stereocenters. The summed E-state index contributed by atoms with van der Waals surface area (Å²) in [7, 11) is 0. The van der Waals surface area contributed by atoms with Crippen molar-refractivity contribution in [1.29, 1.82) is 5.26 Å². The molecule has 0 bridgehead atoms. The fraction of sp³-hybridized carbons (Fsp3) is 0.300. The van der Waals surface area contributed by atoms with Crippen LogP contribution in [-0.4, -0.2) is 23.1 Å². The van der Waals surface area contributed by atoms with Gasteiger partial charge in [-0.25, -0.2) is 9.97 Å². The molecule has 14 heavy (non-hydrogen) atoms. The number of anilines is 1. The monoisotopic (exact) mass is 186 g/mol. The Morgan fingerprint density at radius 1 is 1.36 bits per heavy atom. The van der Waals surface area contributed by atoms with Gasteiger partial charge in [0.15, 0.2) is 0 Å². The van der Waals surface area contributed by atoms with Gasteiger partial charge in [0.2, 0.25) is 0 Å². The van der Waals surface area contributed by atoms with Crippen molar-refractivity contribution in [1.82, 2.24) is 9.97 Å². The Kier molecular flexibility index (Phi) is 2.41. The number of nitrogens with zero attached hydrogens (tertiary/aromatic N) is 4. The second kappa shape index (κ2) is 3.88. The first kappa shape index (κ1) is 8.70. The highest BCUT2D eigenvalue weighted by Gasteiger charge is 2.08. The van der Waals surface area contributed by atoms with E-state index in [9.17, 15) is 0 Å². The van der Waals surface area contributed by atoms with Crippen molar-refractivity contribution in [3.05, 3.63) is 30.2 Å².